The molecule has 0 radical (unpaired) electrons. The van der Waals surface area contributed by atoms with Crippen LogP contribution in [-0.4, -0.2) is 50.6 Å². The van der Waals surface area contributed by atoms with E-state index < -0.39 is 21.7 Å². The quantitative estimate of drug-likeness (QED) is 0.671. The number of piperazine rings is 1. The number of sulfonamides is 1. The van der Waals surface area contributed by atoms with Gasteiger partial charge in [0.15, 0.2) is 0 Å². The summed E-state index contributed by atoms with van der Waals surface area (Å²) < 4.78 is 27.1. The Morgan fingerprint density at radius 1 is 1.13 bits per heavy atom. The molecule has 1 aliphatic rings. The molecule has 1 unspecified atom stereocenters. The molecule has 1 fully saturated rings. The Balaban J connectivity index is 1.57. The maximum Gasteiger partial charge on any atom is 0.237 e. The van der Waals surface area contributed by atoms with Gasteiger partial charge in [0.1, 0.15) is 5.75 Å². The molecule has 0 spiro atoms. The summed E-state index contributed by atoms with van der Waals surface area (Å²) in [4.78, 5) is 15.8. The van der Waals surface area contributed by atoms with Crippen LogP contribution in [0.1, 0.15) is 36.8 Å². The summed E-state index contributed by atoms with van der Waals surface area (Å²) in [6, 6.07) is 12.0. The number of hydrogen-bond donors (Lipinski definition) is 1. The first-order valence-electron chi connectivity index (χ1n) is 10.4. The van der Waals surface area contributed by atoms with E-state index in [1.165, 1.54) is 9.87 Å². The Morgan fingerprint density at radius 3 is 2.47 bits per heavy atom. The molecule has 0 bridgehead atoms. The van der Waals surface area contributed by atoms with Crippen molar-refractivity contribution in [3.63, 3.8) is 0 Å². The smallest absolute Gasteiger partial charge is 0.237 e. The molecule has 1 saturated heterocycles. The molecule has 0 aliphatic carbocycles. The van der Waals surface area contributed by atoms with Crippen molar-refractivity contribution < 1.29 is 13.2 Å². The number of amides is 1. The molecule has 8 heteroatoms. The highest BCUT2D eigenvalue weighted by molar-refractivity contribution is 7.89. The normalized spacial score (nSPS) is 16.6. The van der Waals surface area contributed by atoms with Crippen LogP contribution in [0.3, 0.4) is 0 Å². The van der Waals surface area contributed by atoms with Crippen LogP contribution in [0.15, 0.2) is 41.8 Å². The van der Waals surface area contributed by atoms with Gasteiger partial charge in [-0.05, 0) is 48.4 Å². The van der Waals surface area contributed by atoms with E-state index in [1.807, 2.05) is 42.6 Å². The maximum absolute atomic E-state index is 12.8. The van der Waals surface area contributed by atoms with Gasteiger partial charge in [-0.3, -0.25) is 4.79 Å². The van der Waals surface area contributed by atoms with Crippen LogP contribution >= 0.6 is 11.3 Å². The summed E-state index contributed by atoms with van der Waals surface area (Å²) in [5, 5.41) is 4.91. The number of carbonyl (C=O) groups is 1. The molecule has 1 aromatic carbocycles. The summed E-state index contributed by atoms with van der Waals surface area (Å²) in [6.07, 6.45) is 0.779. The summed E-state index contributed by atoms with van der Waals surface area (Å²) in [6.45, 7) is 8.26. The predicted octanol–water partition coefficient (Wildman–Crippen LogP) is 3.41. The molecule has 1 atom stereocenters. The zero-order valence-electron chi connectivity index (χ0n) is 17.9. The molecule has 0 saturated carbocycles. The van der Waals surface area contributed by atoms with Gasteiger partial charge in [-0.15, -0.1) is 11.3 Å². The molecule has 1 aromatic heterocycles. The largest absolute Gasteiger partial charge is 0.369 e. The minimum atomic E-state index is -3.64. The van der Waals surface area contributed by atoms with Crippen LogP contribution in [0.25, 0.3) is 0 Å². The van der Waals surface area contributed by atoms with E-state index in [4.69, 9.17) is 0 Å². The van der Waals surface area contributed by atoms with Gasteiger partial charge in [0.05, 0.1) is 6.04 Å². The van der Waals surface area contributed by atoms with E-state index in [1.54, 1.807) is 11.3 Å². The molecular weight excluding hydrogens is 418 g/mol. The second-order valence-electron chi connectivity index (χ2n) is 8.25. The summed E-state index contributed by atoms with van der Waals surface area (Å²) in [5.74, 6) is -0.545. The van der Waals surface area contributed by atoms with Gasteiger partial charge in [-0.1, -0.05) is 32.0 Å². The number of thiophene rings is 1. The van der Waals surface area contributed by atoms with Crippen molar-refractivity contribution in [2.75, 3.05) is 36.8 Å². The van der Waals surface area contributed by atoms with E-state index in [2.05, 4.69) is 30.1 Å². The highest BCUT2D eigenvalue weighted by atomic mass is 32.2. The van der Waals surface area contributed by atoms with Crippen LogP contribution in [0.5, 0.6) is 0 Å². The molecule has 2 heterocycles. The van der Waals surface area contributed by atoms with E-state index in [0.29, 0.717) is 32.1 Å². The van der Waals surface area contributed by atoms with Gasteiger partial charge in [-0.2, -0.15) is 4.31 Å². The van der Waals surface area contributed by atoms with E-state index >= 15 is 0 Å². The molecular formula is C22H31N3O3S2. The average Bonchev–Trinajstić information content (AvgIpc) is 3.21. The summed E-state index contributed by atoms with van der Waals surface area (Å²) in [7, 11) is -3.64. The van der Waals surface area contributed by atoms with Crippen LogP contribution in [0.4, 0.5) is 5.69 Å². The van der Waals surface area contributed by atoms with Gasteiger partial charge in [0.2, 0.25) is 15.9 Å². The molecule has 1 amide bonds. The first-order chi connectivity index (χ1) is 14.2. The molecule has 30 heavy (non-hydrogen) atoms. The van der Waals surface area contributed by atoms with Crippen molar-refractivity contribution in [3.05, 3.63) is 52.2 Å². The highest BCUT2D eigenvalue weighted by Crippen LogP contribution is 2.25. The van der Waals surface area contributed by atoms with Crippen LogP contribution in [-0.2, 0) is 14.8 Å². The number of benzene rings is 1. The zero-order valence-corrected chi connectivity index (χ0v) is 19.5. The molecule has 164 valence electrons. The number of hydrogen-bond acceptors (Lipinski definition) is 5. The fourth-order valence-electron chi connectivity index (χ4n) is 3.75. The Labute approximate surface area is 183 Å². The van der Waals surface area contributed by atoms with Crippen LogP contribution in [0, 0.1) is 12.8 Å². The lowest BCUT2D eigenvalue weighted by Crippen LogP contribution is -2.50. The number of nitrogens with one attached hydrogen (secondary N) is 1. The fourth-order valence-corrected chi connectivity index (χ4v) is 5.86. The Bertz CT molecular complexity index is 934. The first kappa shape index (κ1) is 22.8. The van der Waals surface area contributed by atoms with Crippen molar-refractivity contribution in [2.24, 2.45) is 5.92 Å². The van der Waals surface area contributed by atoms with Crippen molar-refractivity contribution in [3.8, 4) is 0 Å². The summed E-state index contributed by atoms with van der Waals surface area (Å²) in [5.41, 5.74) is 2.29. The minimum absolute atomic E-state index is 0.147. The Morgan fingerprint density at radius 2 is 1.87 bits per heavy atom. The molecule has 3 rings (SSSR count). The van der Waals surface area contributed by atoms with Crippen molar-refractivity contribution in [1.29, 1.82) is 0 Å². The SMILES string of the molecule is Cc1cccc(N2CCN(S(=O)(=O)CC(=O)NC(CC(C)C)c3cccs3)CC2)c1. The third kappa shape index (κ3) is 6.06. The van der Waals surface area contributed by atoms with Gasteiger partial charge >= 0.3 is 0 Å². The number of aryl methyl sites for hydroxylation is 1. The molecule has 2 aromatic rings. The Kier molecular flexibility index (Phi) is 7.55. The lowest BCUT2D eigenvalue weighted by molar-refractivity contribution is -0.119. The van der Waals surface area contributed by atoms with Crippen molar-refractivity contribution in [1.82, 2.24) is 9.62 Å². The molecule has 6 nitrogen and oxygen atoms in total. The van der Waals surface area contributed by atoms with Crippen molar-refractivity contribution >= 4 is 33.0 Å². The average molecular weight is 450 g/mol. The van der Waals surface area contributed by atoms with E-state index in [9.17, 15) is 13.2 Å². The number of rotatable bonds is 8. The standard InChI is InChI=1S/C22H31N3O3S2/c1-17(2)14-20(21-8-5-13-29-21)23-22(26)16-30(27,28)25-11-9-24(10-12-25)19-7-4-6-18(3)15-19/h4-8,13,15,17,20H,9-12,14,16H2,1-3H3,(H,23,26). The fraction of sp³-hybridized carbons (Fsp3) is 0.500. The topological polar surface area (TPSA) is 69.7 Å². The monoisotopic (exact) mass is 449 g/mol. The number of nitrogens with zero attached hydrogens (tertiary/aromatic N) is 2. The van der Waals surface area contributed by atoms with Crippen molar-refractivity contribution in [2.45, 2.75) is 33.2 Å². The number of anilines is 1. The van der Waals surface area contributed by atoms with E-state index in [-0.39, 0.29) is 6.04 Å². The number of carbonyl (C=O) groups excluding carboxylic acids is 1. The summed E-state index contributed by atoms with van der Waals surface area (Å²) >= 11 is 1.58. The van der Waals surface area contributed by atoms with Gasteiger partial charge in [-0.25, -0.2) is 8.42 Å². The lowest BCUT2D eigenvalue weighted by atomic mass is 10.0. The second kappa shape index (κ2) is 9.94. The second-order valence-corrected chi connectivity index (χ2v) is 11.2. The molecule has 1 aliphatic heterocycles. The van der Waals surface area contributed by atoms with Gasteiger partial charge in [0, 0.05) is 36.7 Å². The minimum Gasteiger partial charge on any atom is -0.369 e. The lowest BCUT2D eigenvalue weighted by Gasteiger charge is -2.35. The highest BCUT2D eigenvalue weighted by Gasteiger charge is 2.30. The zero-order chi connectivity index (χ0) is 21.7. The third-order valence-corrected chi connectivity index (χ3v) is 8.01. The van der Waals surface area contributed by atoms with Crippen LogP contribution in [0.2, 0.25) is 0 Å². The third-order valence-electron chi connectivity index (χ3n) is 5.24. The predicted molar refractivity (Wildman–Crippen MR) is 123 cm³/mol. The van der Waals surface area contributed by atoms with Gasteiger partial charge < -0.3 is 10.2 Å². The van der Waals surface area contributed by atoms with Crippen LogP contribution < -0.4 is 10.2 Å². The molecule has 1 N–H and O–H groups in total. The Hall–Kier alpha value is -1.90. The maximum atomic E-state index is 12.8. The first-order valence-corrected chi connectivity index (χ1v) is 12.9. The van der Waals surface area contributed by atoms with E-state index in [0.717, 1.165) is 17.0 Å². The van der Waals surface area contributed by atoms with Gasteiger partial charge in [0.25, 0.3) is 0 Å².